The molecule has 0 spiro atoms. The second-order valence-electron chi connectivity index (χ2n) is 5.24. The van der Waals surface area contributed by atoms with Crippen molar-refractivity contribution in [3.8, 4) is 6.07 Å². The molecule has 0 fully saturated rings. The Bertz CT molecular complexity index is 673. The molecule has 2 aromatic rings. The molecular formula is C17H16BrN3. The van der Waals surface area contributed by atoms with Crippen molar-refractivity contribution in [1.29, 1.82) is 5.26 Å². The average molecular weight is 342 g/mol. The van der Waals surface area contributed by atoms with Gasteiger partial charge >= 0.3 is 0 Å². The summed E-state index contributed by atoms with van der Waals surface area (Å²) in [5.74, 6) is -0.306. The van der Waals surface area contributed by atoms with E-state index in [2.05, 4.69) is 50.5 Å². The van der Waals surface area contributed by atoms with Gasteiger partial charge in [0, 0.05) is 10.7 Å². The molecule has 21 heavy (non-hydrogen) atoms. The summed E-state index contributed by atoms with van der Waals surface area (Å²) < 4.78 is 0.927. The Morgan fingerprint density at radius 3 is 2.67 bits per heavy atom. The lowest BCUT2D eigenvalue weighted by Gasteiger charge is -2.13. The van der Waals surface area contributed by atoms with Gasteiger partial charge in [-0.05, 0) is 70.7 Å². The molecule has 1 N–H and O–H groups in total. The highest BCUT2D eigenvalue weighted by atomic mass is 79.9. The third-order valence-corrected chi connectivity index (χ3v) is 4.35. The number of hydrogen-bond acceptors (Lipinski definition) is 3. The van der Waals surface area contributed by atoms with Gasteiger partial charge in [0.05, 0.1) is 11.8 Å². The molecule has 1 aromatic carbocycles. The Balaban J connectivity index is 1.96. The van der Waals surface area contributed by atoms with Crippen molar-refractivity contribution in [1.82, 2.24) is 10.3 Å². The van der Waals surface area contributed by atoms with Gasteiger partial charge in [-0.1, -0.05) is 18.2 Å². The molecule has 0 saturated carbocycles. The first kappa shape index (κ1) is 14.2. The highest BCUT2D eigenvalue weighted by Crippen LogP contribution is 2.26. The van der Waals surface area contributed by atoms with Crippen molar-refractivity contribution >= 4 is 15.9 Å². The number of nitrogens with zero attached hydrogens (tertiary/aromatic N) is 2. The van der Waals surface area contributed by atoms with Crippen LogP contribution in [0.3, 0.4) is 0 Å². The lowest BCUT2D eigenvalue weighted by molar-refractivity contribution is 0.711. The van der Waals surface area contributed by atoms with Crippen LogP contribution in [0.5, 0.6) is 0 Å². The van der Waals surface area contributed by atoms with Crippen LogP contribution < -0.4 is 5.32 Å². The summed E-state index contributed by atoms with van der Waals surface area (Å²) in [5, 5.41) is 13.0. The number of aromatic nitrogens is 1. The van der Waals surface area contributed by atoms with Gasteiger partial charge in [-0.2, -0.15) is 5.26 Å². The van der Waals surface area contributed by atoms with Gasteiger partial charge in [-0.3, -0.25) is 4.98 Å². The van der Waals surface area contributed by atoms with Gasteiger partial charge in [-0.15, -0.1) is 0 Å². The molecule has 1 unspecified atom stereocenters. The van der Waals surface area contributed by atoms with Crippen molar-refractivity contribution in [2.45, 2.75) is 18.8 Å². The molecule has 1 atom stereocenters. The van der Waals surface area contributed by atoms with Crippen molar-refractivity contribution in [3.05, 3.63) is 63.4 Å². The zero-order valence-corrected chi connectivity index (χ0v) is 13.2. The van der Waals surface area contributed by atoms with Crippen LogP contribution in [-0.2, 0) is 12.8 Å². The standard InChI is InChI=1S/C17H16BrN3/c18-15-3-4-17(21-11-15)16(10-19)14-2-1-12-5-7-20-8-6-13(12)9-14/h1-4,9,11,16,20H,5-8H2. The van der Waals surface area contributed by atoms with Crippen molar-refractivity contribution in [2.24, 2.45) is 0 Å². The summed E-state index contributed by atoms with van der Waals surface area (Å²) in [4.78, 5) is 4.37. The molecule has 3 nitrogen and oxygen atoms in total. The number of halogens is 1. The quantitative estimate of drug-likeness (QED) is 0.912. The summed E-state index contributed by atoms with van der Waals surface area (Å²) in [6.45, 7) is 2.03. The minimum atomic E-state index is -0.306. The minimum absolute atomic E-state index is 0.306. The van der Waals surface area contributed by atoms with Crippen LogP contribution >= 0.6 is 15.9 Å². The highest BCUT2D eigenvalue weighted by molar-refractivity contribution is 9.10. The zero-order chi connectivity index (χ0) is 14.7. The van der Waals surface area contributed by atoms with Crippen molar-refractivity contribution in [3.63, 3.8) is 0 Å². The number of rotatable bonds is 2. The predicted molar refractivity (Wildman–Crippen MR) is 86.1 cm³/mol. The van der Waals surface area contributed by atoms with Crippen LogP contribution in [-0.4, -0.2) is 18.1 Å². The minimum Gasteiger partial charge on any atom is -0.316 e. The van der Waals surface area contributed by atoms with Gasteiger partial charge in [0.2, 0.25) is 0 Å². The highest BCUT2D eigenvalue weighted by Gasteiger charge is 2.17. The van der Waals surface area contributed by atoms with E-state index in [0.717, 1.165) is 41.7 Å². The smallest absolute Gasteiger partial charge is 0.113 e. The average Bonchev–Trinajstić information content (AvgIpc) is 2.75. The first-order valence-corrected chi connectivity index (χ1v) is 7.91. The maximum absolute atomic E-state index is 9.55. The van der Waals surface area contributed by atoms with Crippen LogP contribution in [0.25, 0.3) is 0 Å². The zero-order valence-electron chi connectivity index (χ0n) is 11.6. The van der Waals surface area contributed by atoms with E-state index < -0.39 is 0 Å². The van der Waals surface area contributed by atoms with E-state index in [1.807, 2.05) is 12.1 Å². The van der Waals surface area contributed by atoms with E-state index in [1.54, 1.807) is 6.20 Å². The first-order chi connectivity index (χ1) is 10.3. The van der Waals surface area contributed by atoms with Crippen molar-refractivity contribution < 1.29 is 0 Å². The largest absolute Gasteiger partial charge is 0.316 e. The first-order valence-electron chi connectivity index (χ1n) is 7.11. The lowest BCUT2D eigenvalue weighted by Crippen LogP contribution is -2.16. The predicted octanol–water partition coefficient (Wildman–Crippen LogP) is 3.19. The summed E-state index contributed by atoms with van der Waals surface area (Å²) in [5.41, 5.74) is 4.58. The molecule has 3 rings (SSSR count). The van der Waals surface area contributed by atoms with Crippen LogP contribution in [0.1, 0.15) is 28.3 Å². The van der Waals surface area contributed by atoms with E-state index in [4.69, 9.17) is 0 Å². The second-order valence-corrected chi connectivity index (χ2v) is 6.16. The number of fused-ring (bicyclic) bond motifs is 1. The van der Waals surface area contributed by atoms with Crippen LogP contribution in [0.4, 0.5) is 0 Å². The molecular weight excluding hydrogens is 326 g/mol. The van der Waals surface area contributed by atoms with Crippen molar-refractivity contribution in [2.75, 3.05) is 13.1 Å². The fourth-order valence-electron chi connectivity index (χ4n) is 2.74. The Morgan fingerprint density at radius 2 is 1.95 bits per heavy atom. The molecule has 106 valence electrons. The monoisotopic (exact) mass is 341 g/mol. The topological polar surface area (TPSA) is 48.7 Å². The number of hydrogen-bond donors (Lipinski definition) is 1. The molecule has 0 saturated heterocycles. The molecule has 2 heterocycles. The SMILES string of the molecule is N#CC(c1ccc2c(c1)CCNCC2)c1ccc(Br)cn1. The summed E-state index contributed by atoms with van der Waals surface area (Å²) in [7, 11) is 0. The Labute approximate surface area is 133 Å². The third kappa shape index (κ3) is 3.15. The maximum atomic E-state index is 9.55. The van der Waals surface area contributed by atoms with Gasteiger partial charge in [0.25, 0.3) is 0 Å². The normalized spacial score (nSPS) is 15.6. The lowest BCUT2D eigenvalue weighted by atomic mass is 9.91. The number of nitrogens with one attached hydrogen (secondary N) is 1. The molecule has 0 radical (unpaired) electrons. The Morgan fingerprint density at radius 1 is 1.14 bits per heavy atom. The van der Waals surface area contributed by atoms with E-state index in [-0.39, 0.29) is 5.92 Å². The molecule has 0 amide bonds. The van der Waals surface area contributed by atoms with Crippen LogP contribution in [0.2, 0.25) is 0 Å². The molecule has 4 heteroatoms. The molecule has 1 aromatic heterocycles. The molecule has 0 aliphatic carbocycles. The van der Waals surface area contributed by atoms with E-state index in [0.29, 0.717) is 0 Å². The number of pyridine rings is 1. The summed E-state index contributed by atoms with van der Waals surface area (Å²) >= 11 is 3.38. The van der Waals surface area contributed by atoms with E-state index in [9.17, 15) is 5.26 Å². The Kier molecular flexibility index (Phi) is 4.33. The van der Waals surface area contributed by atoms with Gasteiger partial charge in [-0.25, -0.2) is 0 Å². The number of benzene rings is 1. The third-order valence-electron chi connectivity index (χ3n) is 3.88. The molecule has 0 bridgehead atoms. The fourth-order valence-corrected chi connectivity index (χ4v) is 2.98. The second kappa shape index (κ2) is 6.38. The number of nitriles is 1. The van der Waals surface area contributed by atoms with Crippen LogP contribution in [0.15, 0.2) is 41.0 Å². The van der Waals surface area contributed by atoms with Gasteiger partial charge < -0.3 is 5.32 Å². The Hall–Kier alpha value is -1.70. The summed E-state index contributed by atoms with van der Waals surface area (Å²) in [6, 6.07) is 12.6. The fraction of sp³-hybridized carbons (Fsp3) is 0.294. The van der Waals surface area contributed by atoms with E-state index in [1.165, 1.54) is 11.1 Å². The summed E-state index contributed by atoms with van der Waals surface area (Å²) in [6.07, 6.45) is 3.82. The maximum Gasteiger partial charge on any atom is 0.113 e. The van der Waals surface area contributed by atoms with Gasteiger partial charge in [0.1, 0.15) is 5.92 Å². The van der Waals surface area contributed by atoms with Gasteiger partial charge in [0.15, 0.2) is 0 Å². The van der Waals surface area contributed by atoms with E-state index >= 15 is 0 Å². The molecule has 1 aliphatic heterocycles. The van der Waals surface area contributed by atoms with Crippen LogP contribution in [0, 0.1) is 11.3 Å². The molecule has 1 aliphatic rings.